The Kier molecular flexibility index (Phi) is 8.90. The summed E-state index contributed by atoms with van der Waals surface area (Å²) in [5, 5.41) is 5.92. The lowest BCUT2D eigenvalue weighted by atomic mass is 9.95. The SMILES string of the molecule is Cc1ccccc1C(C(=O)NC(C)(C)C)N(C(=O)C(Cc1ccccc1)NC(=O)OC(C)(C)C)C1CC1C. The lowest BCUT2D eigenvalue weighted by Gasteiger charge is -2.37. The molecular formula is C31H43N3O4. The number of carbonyl (C=O) groups is 3. The highest BCUT2D eigenvalue weighted by Crippen LogP contribution is 2.41. The molecule has 206 valence electrons. The number of benzene rings is 2. The highest BCUT2D eigenvalue weighted by Gasteiger charge is 2.48. The Morgan fingerprint density at radius 3 is 2.08 bits per heavy atom. The third-order valence-corrected chi connectivity index (χ3v) is 6.46. The van der Waals surface area contributed by atoms with Crippen molar-refractivity contribution in [3.63, 3.8) is 0 Å². The lowest BCUT2D eigenvalue weighted by Crippen LogP contribution is -2.56. The van der Waals surface area contributed by atoms with Crippen LogP contribution in [0.15, 0.2) is 54.6 Å². The van der Waals surface area contributed by atoms with Crippen molar-refractivity contribution in [2.24, 2.45) is 5.92 Å². The van der Waals surface area contributed by atoms with Crippen LogP contribution in [0.5, 0.6) is 0 Å². The molecule has 0 aliphatic heterocycles. The van der Waals surface area contributed by atoms with Crippen LogP contribution < -0.4 is 10.6 Å². The molecule has 1 fully saturated rings. The number of nitrogens with zero attached hydrogens (tertiary/aromatic N) is 1. The van der Waals surface area contributed by atoms with E-state index < -0.39 is 29.3 Å². The summed E-state index contributed by atoms with van der Waals surface area (Å²) in [4.78, 5) is 42.9. The Balaban J connectivity index is 2.06. The van der Waals surface area contributed by atoms with E-state index in [1.807, 2.05) is 82.3 Å². The Bertz CT molecular complexity index is 1130. The molecule has 3 rings (SSSR count). The molecular weight excluding hydrogens is 478 g/mol. The monoisotopic (exact) mass is 521 g/mol. The predicted molar refractivity (Wildman–Crippen MR) is 150 cm³/mol. The third kappa shape index (κ3) is 8.07. The van der Waals surface area contributed by atoms with Crippen molar-refractivity contribution in [3.05, 3.63) is 71.3 Å². The van der Waals surface area contributed by atoms with Gasteiger partial charge in [0.05, 0.1) is 0 Å². The molecule has 1 saturated carbocycles. The first-order valence-electron chi connectivity index (χ1n) is 13.4. The van der Waals surface area contributed by atoms with E-state index in [2.05, 4.69) is 17.6 Å². The maximum atomic E-state index is 14.4. The second kappa shape index (κ2) is 11.6. The van der Waals surface area contributed by atoms with Gasteiger partial charge in [-0.3, -0.25) is 9.59 Å². The van der Waals surface area contributed by atoms with Gasteiger partial charge in [-0.25, -0.2) is 4.79 Å². The average Bonchev–Trinajstić information content (AvgIpc) is 3.51. The third-order valence-electron chi connectivity index (χ3n) is 6.46. The van der Waals surface area contributed by atoms with Gasteiger partial charge in [0.1, 0.15) is 17.7 Å². The average molecular weight is 522 g/mol. The zero-order valence-corrected chi connectivity index (χ0v) is 24.0. The minimum Gasteiger partial charge on any atom is -0.444 e. The molecule has 2 aromatic carbocycles. The van der Waals surface area contributed by atoms with E-state index in [0.29, 0.717) is 0 Å². The fourth-order valence-electron chi connectivity index (χ4n) is 4.60. The quantitative estimate of drug-likeness (QED) is 0.492. The van der Waals surface area contributed by atoms with Gasteiger partial charge in [0.25, 0.3) is 0 Å². The Labute approximate surface area is 227 Å². The van der Waals surface area contributed by atoms with Crippen LogP contribution in [0.4, 0.5) is 4.79 Å². The van der Waals surface area contributed by atoms with Crippen LogP contribution in [0.1, 0.15) is 77.6 Å². The molecule has 4 atom stereocenters. The van der Waals surface area contributed by atoms with Crippen LogP contribution in [0.3, 0.4) is 0 Å². The summed E-state index contributed by atoms with van der Waals surface area (Å²) in [6.45, 7) is 15.1. The van der Waals surface area contributed by atoms with Gasteiger partial charge >= 0.3 is 6.09 Å². The van der Waals surface area contributed by atoms with Crippen LogP contribution in [-0.2, 0) is 20.7 Å². The molecule has 0 saturated heterocycles. The van der Waals surface area contributed by atoms with Crippen molar-refractivity contribution in [1.82, 2.24) is 15.5 Å². The van der Waals surface area contributed by atoms with E-state index >= 15 is 0 Å². The van der Waals surface area contributed by atoms with Gasteiger partial charge < -0.3 is 20.3 Å². The van der Waals surface area contributed by atoms with Gasteiger partial charge in [0.15, 0.2) is 0 Å². The molecule has 0 heterocycles. The molecule has 1 aliphatic carbocycles. The number of carbonyl (C=O) groups excluding carboxylic acids is 3. The molecule has 1 aliphatic rings. The molecule has 38 heavy (non-hydrogen) atoms. The summed E-state index contributed by atoms with van der Waals surface area (Å²) in [6, 6.07) is 15.4. The lowest BCUT2D eigenvalue weighted by molar-refractivity contribution is -0.144. The summed E-state index contributed by atoms with van der Waals surface area (Å²) >= 11 is 0. The van der Waals surface area contributed by atoms with Crippen LogP contribution in [0.25, 0.3) is 0 Å². The second-order valence-electron chi connectivity index (χ2n) is 12.4. The Hall–Kier alpha value is -3.35. The topological polar surface area (TPSA) is 87.7 Å². The first-order chi connectivity index (χ1) is 17.7. The van der Waals surface area contributed by atoms with Gasteiger partial charge in [-0.2, -0.15) is 0 Å². The summed E-state index contributed by atoms with van der Waals surface area (Å²) in [6.07, 6.45) is 0.404. The van der Waals surface area contributed by atoms with Crippen molar-refractivity contribution in [2.75, 3.05) is 0 Å². The highest BCUT2D eigenvalue weighted by atomic mass is 16.6. The van der Waals surface area contributed by atoms with Crippen LogP contribution in [-0.4, -0.2) is 46.0 Å². The zero-order chi connectivity index (χ0) is 28.3. The smallest absolute Gasteiger partial charge is 0.408 e. The summed E-state index contributed by atoms with van der Waals surface area (Å²) < 4.78 is 5.51. The fourth-order valence-corrected chi connectivity index (χ4v) is 4.60. The summed E-state index contributed by atoms with van der Waals surface area (Å²) in [5.74, 6) is -0.298. The van der Waals surface area contributed by atoms with E-state index in [1.54, 1.807) is 25.7 Å². The normalized spacial score (nSPS) is 18.6. The first kappa shape index (κ1) is 29.2. The summed E-state index contributed by atoms with van der Waals surface area (Å²) in [5.41, 5.74) is 1.40. The molecule has 3 amide bonds. The molecule has 7 heteroatoms. The maximum absolute atomic E-state index is 14.4. The number of hydrogen-bond donors (Lipinski definition) is 2. The molecule has 0 aromatic heterocycles. The minimum absolute atomic E-state index is 0.114. The van der Waals surface area contributed by atoms with E-state index in [0.717, 1.165) is 23.1 Å². The number of alkyl carbamates (subject to hydrolysis) is 1. The van der Waals surface area contributed by atoms with Crippen LogP contribution in [0, 0.1) is 12.8 Å². The van der Waals surface area contributed by atoms with Gasteiger partial charge in [0.2, 0.25) is 11.8 Å². The number of nitrogens with one attached hydrogen (secondary N) is 2. The molecule has 2 aromatic rings. The van der Waals surface area contributed by atoms with E-state index in [9.17, 15) is 14.4 Å². The minimum atomic E-state index is -0.908. The van der Waals surface area contributed by atoms with Crippen molar-refractivity contribution in [3.8, 4) is 0 Å². The summed E-state index contributed by atoms with van der Waals surface area (Å²) in [7, 11) is 0. The van der Waals surface area contributed by atoms with E-state index in [4.69, 9.17) is 4.74 Å². The van der Waals surface area contributed by atoms with Crippen molar-refractivity contribution < 1.29 is 19.1 Å². The number of aryl methyl sites for hydroxylation is 1. The number of ether oxygens (including phenoxy) is 1. The van der Waals surface area contributed by atoms with Crippen LogP contribution >= 0.6 is 0 Å². The van der Waals surface area contributed by atoms with E-state index in [1.165, 1.54) is 0 Å². The molecule has 2 N–H and O–H groups in total. The van der Waals surface area contributed by atoms with Crippen molar-refractivity contribution in [1.29, 1.82) is 0 Å². The van der Waals surface area contributed by atoms with Crippen molar-refractivity contribution >= 4 is 17.9 Å². The molecule has 0 radical (unpaired) electrons. The Morgan fingerprint density at radius 2 is 1.55 bits per heavy atom. The maximum Gasteiger partial charge on any atom is 0.408 e. The van der Waals surface area contributed by atoms with Gasteiger partial charge in [-0.05, 0) is 77.5 Å². The second-order valence-corrected chi connectivity index (χ2v) is 12.4. The number of hydrogen-bond acceptors (Lipinski definition) is 4. The van der Waals surface area contributed by atoms with Crippen LogP contribution in [0.2, 0.25) is 0 Å². The van der Waals surface area contributed by atoms with E-state index in [-0.39, 0.29) is 30.2 Å². The first-order valence-corrected chi connectivity index (χ1v) is 13.4. The van der Waals surface area contributed by atoms with Gasteiger partial charge in [-0.1, -0.05) is 61.5 Å². The zero-order valence-electron chi connectivity index (χ0n) is 24.0. The number of rotatable bonds is 8. The largest absolute Gasteiger partial charge is 0.444 e. The predicted octanol–water partition coefficient (Wildman–Crippen LogP) is 5.32. The Morgan fingerprint density at radius 1 is 0.974 bits per heavy atom. The fraction of sp³-hybridized carbons (Fsp3) is 0.516. The molecule has 0 bridgehead atoms. The van der Waals surface area contributed by atoms with Crippen molar-refractivity contribution in [2.45, 2.75) is 97.5 Å². The number of amides is 3. The van der Waals surface area contributed by atoms with Gasteiger partial charge in [0, 0.05) is 18.0 Å². The molecule has 0 spiro atoms. The standard InChI is InChI=1S/C31H43N3O4/c1-20-14-12-13-17-23(20)26(27(35)33-30(3,4)5)34(25-18-21(25)2)28(36)24(19-22-15-10-9-11-16-22)32-29(37)38-31(6,7)8/h9-17,21,24-26H,18-19H2,1-8H3,(H,32,37)(H,33,35). The molecule has 4 unspecified atom stereocenters. The molecule has 7 nitrogen and oxygen atoms in total. The highest BCUT2D eigenvalue weighted by molar-refractivity contribution is 5.93. The van der Waals surface area contributed by atoms with Gasteiger partial charge in [-0.15, -0.1) is 0 Å².